The molecule has 0 heterocycles. The molecule has 7 heavy (non-hydrogen) atoms. The molecule has 0 aromatic rings. The lowest BCUT2D eigenvalue weighted by atomic mass is 10.5. The minimum atomic E-state index is 0.650. The number of halogens is 1. The maximum absolute atomic E-state index is 3.45. The fourth-order valence-corrected chi connectivity index (χ4v) is 1.21. The largest absolute Gasteiger partial charge is 0.339 e. The number of hydrogen-bond acceptors (Lipinski definition) is 0. The van der Waals surface area contributed by atoms with Gasteiger partial charge in [-0.1, -0.05) is 15.9 Å². The van der Waals surface area contributed by atoms with E-state index in [2.05, 4.69) is 36.9 Å². The highest BCUT2D eigenvalue weighted by molar-refractivity contribution is 9.09. The second-order valence-electron chi connectivity index (χ2n) is 2.19. The Morgan fingerprint density at radius 1 is 1.57 bits per heavy atom. The van der Waals surface area contributed by atoms with E-state index >= 15 is 0 Å². The first-order valence-electron chi connectivity index (χ1n) is 2.56. The van der Waals surface area contributed by atoms with Gasteiger partial charge in [0.2, 0.25) is 0 Å². The van der Waals surface area contributed by atoms with Crippen LogP contribution >= 0.6 is 15.9 Å². The van der Waals surface area contributed by atoms with Gasteiger partial charge in [-0.3, -0.25) is 0 Å². The van der Waals surface area contributed by atoms with Crippen molar-refractivity contribution in [1.82, 2.24) is 0 Å². The van der Waals surface area contributed by atoms with Crippen LogP contribution in [0.5, 0.6) is 0 Å². The zero-order valence-electron chi connectivity index (χ0n) is 5.16. The molecule has 44 valence electrons. The summed E-state index contributed by atoms with van der Waals surface area (Å²) in [7, 11) is 4.30. The lowest BCUT2D eigenvalue weighted by Gasteiger charge is -2.06. The highest BCUT2D eigenvalue weighted by Crippen LogP contribution is 1.89. The third-order valence-electron chi connectivity index (χ3n) is 0.690. The Morgan fingerprint density at radius 2 is 2.00 bits per heavy atom. The molecule has 0 fully saturated rings. The molecule has 0 bridgehead atoms. The monoisotopic (exact) mass is 166 g/mol. The van der Waals surface area contributed by atoms with Gasteiger partial charge in [-0.05, 0) is 6.92 Å². The molecule has 0 radical (unpaired) electrons. The van der Waals surface area contributed by atoms with Gasteiger partial charge in [-0.2, -0.15) is 0 Å². The highest BCUT2D eigenvalue weighted by atomic mass is 79.9. The first-order valence-corrected chi connectivity index (χ1v) is 3.47. The van der Waals surface area contributed by atoms with Gasteiger partial charge >= 0.3 is 0 Å². The Balaban J connectivity index is 2.95. The molecule has 0 saturated carbocycles. The number of hydrogen-bond donors (Lipinski definition) is 1. The summed E-state index contributed by atoms with van der Waals surface area (Å²) in [6, 6.07) is 0. The average Bonchev–Trinajstić information content (AvgIpc) is 1.27. The molecule has 0 aliphatic rings. The predicted molar refractivity (Wildman–Crippen MR) is 36.1 cm³/mol. The van der Waals surface area contributed by atoms with E-state index in [4.69, 9.17) is 0 Å². The molecule has 1 N–H and O–H groups in total. The third kappa shape index (κ3) is 6.44. The van der Waals surface area contributed by atoms with Gasteiger partial charge in [-0.25, -0.2) is 0 Å². The van der Waals surface area contributed by atoms with Crippen molar-refractivity contribution in [3.05, 3.63) is 0 Å². The minimum Gasteiger partial charge on any atom is -0.339 e. The number of quaternary nitrogens is 1. The van der Waals surface area contributed by atoms with E-state index in [0.29, 0.717) is 4.83 Å². The van der Waals surface area contributed by atoms with Gasteiger partial charge < -0.3 is 4.90 Å². The van der Waals surface area contributed by atoms with Crippen molar-refractivity contribution >= 4 is 15.9 Å². The first kappa shape index (κ1) is 7.44. The first-order chi connectivity index (χ1) is 3.13. The van der Waals surface area contributed by atoms with Crippen LogP contribution in [0.15, 0.2) is 0 Å². The van der Waals surface area contributed by atoms with Crippen LogP contribution in [0, 0.1) is 0 Å². The number of rotatable bonds is 2. The van der Waals surface area contributed by atoms with Crippen LogP contribution in [0.1, 0.15) is 6.92 Å². The van der Waals surface area contributed by atoms with Crippen molar-refractivity contribution in [2.24, 2.45) is 0 Å². The molecular formula is C5H13BrN+. The quantitative estimate of drug-likeness (QED) is 0.548. The van der Waals surface area contributed by atoms with Crippen LogP contribution in [-0.4, -0.2) is 25.5 Å². The molecule has 1 atom stereocenters. The zero-order chi connectivity index (χ0) is 5.86. The average molecular weight is 167 g/mol. The van der Waals surface area contributed by atoms with Gasteiger partial charge in [0.05, 0.1) is 25.5 Å². The third-order valence-corrected chi connectivity index (χ3v) is 1.01. The van der Waals surface area contributed by atoms with Crippen molar-refractivity contribution in [1.29, 1.82) is 0 Å². The molecule has 0 aromatic heterocycles. The summed E-state index contributed by atoms with van der Waals surface area (Å²) in [5, 5.41) is 0. The van der Waals surface area contributed by atoms with Crippen molar-refractivity contribution in [2.75, 3.05) is 20.6 Å². The Hall–Kier alpha value is 0.440. The molecule has 0 aliphatic heterocycles. The zero-order valence-corrected chi connectivity index (χ0v) is 6.75. The summed E-state index contributed by atoms with van der Waals surface area (Å²) < 4.78 is 0. The molecule has 0 spiro atoms. The van der Waals surface area contributed by atoms with Crippen molar-refractivity contribution in [3.8, 4) is 0 Å². The topological polar surface area (TPSA) is 4.44 Å². The standard InChI is InChI=1S/C5H12BrN/c1-5(6)4-7(2)3/h5H,4H2,1-3H3/p+1. The molecule has 0 amide bonds. The molecule has 2 heteroatoms. The van der Waals surface area contributed by atoms with Gasteiger partial charge in [0.1, 0.15) is 0 Å². The lowest BCUT2D eigenvalue weighted by Crippen LogP contribution is -3.06. The van der Waals surface area contributed by atoms with E-state index in [0.717, 1.165) is 0 Å². The lowest BCUT2D eigenvalue weighted by molar-refractivity contribution is -0.857. The predicted octanol–water partition coefficient (Wildman–Crippen LogP) is -0.0857. The van der Waals surface area contributed by atoms with Crippen LogP contribution < -0.4 is 4.90 Å². The Bertz CT molecular complexity index is 37.3. The van der Waals surface area contributed by atoms with Crippen LogP contribution in [-0.2, 0) is 0 Å². The van der Waals surface area contributed by atoms with Gasteiger partial charge in [0.25, 0.3) is 0 Å². The van der Waals surface area contributed by atoms with Gasteiger partial charge in [0, 0.05) is 0 Å². The maximum atomic E-state index is 3.45. The summed E-state index contributed by atoms with van der Waals surface area (Å²) in [5.41, 5.74) is 0. The summed E-state index contributed by atoms with van der Waals surface area (Å²) in [6.07, 6.45) is 0. The van der Waals surface area contributed by atoms with Gasteiger partial charge in [0.15, 0.2) is 0 Å². The summed E-state index contributed by atoms with van der Waals surface area (Å²) in [4.78, 5) is 2.14. The smallest absolute Gasteiger partial charge is 0.0891 e. The Morgan fingerprint density at radius 3 is 2.00 bits per heavy atom. The SMILES string of the molecule is CC(Br)C[NH+](C)C. The minimum absolute atomic E-state index is 0.650. The summed E-state index contributed by atoms with van der Waals surface area (Å²) in [5.74, 6) is 0. The molecular weight excluding hydrogens is 154 g/mol. The van der Waals surface area contributed by atoms with Gasteiger partial charge in [-0.15, -0.1) is 0 Å². The molecule has 1 nitrogen and oxygen atoms in total. The summed E-state index contributed by atoms with van der Waals surface area (Å²) >= 11 is 3.45. The Kier molecular flexibility index (Phi) is 3.66. The van der Waals surface area contributed by atoms with Crippen molar-refractivity contribution < 1.29 is 4.90 Å². The highest BCUT2D eigenvalue weighted by Gasteiger charge is 1.97. The molecule has 0 aromatic carbocycles. The van der Waals surface area contributed by atoms with Crippen LogP contribution in [0.25, 0.3) is 0 Å². The molecule has 0 rings (SSSR count). The normalized spacial score (nSPS) is 15.0. The van der Waals surface area contributed by atoms with E-state index in [-0.39, 0.29) is 0 Å². The van der Waals surface area contributed by atoms with Crippen LogP contribution in [0.4, 0.5) is 0 Å². The fraction of sp³-hybridized carbons (Fsp3) is 1.00. The second-order valence-corrected chi connectivity index (χ2v) is 3.76. The molecule has 1 unspecified atom stereocenters. The van der Waals surface area contributed by atoms with Crippen LogP contribution in [0.3, 0.4) is 0 Å². The van der Waals surface area contributed by atoms with E-state index in [9.17, 15) is 0 Å². The van der Waals surface area contributed by atoms with E-state index < -0.39 is 0 Å². The number of nitrogens with one attached hydrogen (secondary N) is 1. The molecule has 0 saturated heterocycles. The fourth-order valence-electron chi connectivity index (χ4n) is 0.563. The maximum Gasteiger partial charge on any atom is 0.0891 e. The van der Waals surface area contributed by atoms with Crippen LogP contribution in [0.2, 0.25) is 0 Å². The van der Waals surface area contributed by atoms with E-state index in [1.807, 2.05) is 0 Å². The van der Waals surface area contributed by atoms with E-state index in [1.165, 1.54) is 11.4 Å². The van der Waals surface area contributed by atoms with E-state index in [1.54, 1.807) is 0 Å². The number of alkyl halides is 1. The van der Waals surface area contributed by atoms with Crippen molar-refractivity contribution in [2.45, 2.75) is 11.8 Å². The van der Waals surface area contributed by atoms with Crippen molar-refractivity contribution in [3.63, 3.8) is 0 Å². The second kappa shape index (κ2) is 3.44. The molecule has 0 aliphatic carbocycles. The Labute approximate surface area is 53.8 Å². The summed E-state index contributed by atoms with van der Waals surface area (Å²) in [6.45, 7) is 3.35.